The summed E-state index contributed by atoms with van der Waals surface area (Å²) in [5.41, 5.74) is 0.969. The van der Waals surface area contributed by atoms with Gasteiger partial charge in [0.2, 0.25) is 0 Å². The van der Waals surface area contributed by atoms with Gasteiger partial charge in [0.25, 0.3) is 0 Å². The maximum atomic E-state index is 9.19. The van der Waals surface area contributed by atoms with E-state index in [1.807, 2.05) is 12.1 Å². The summed E-state index contributed by atoms with van der Waals surface area (Å²) in [6.45, 7) is 0. The van der Waals surface area contributed by atoms with E-state index in [2.05, 4.69) is 22.6 Å². The van der Waals surface area contributed by atoms with Crippen molar-refractivity contribution in [3.8, 4) is 17.2 Å². The van der Waals surface area contributed by atoms with Gasteiger partial charge in [-0.15, -0.1) is 0 Å². The van der Waals surface area contributed by atoms with E-state index in [-0.39, 0.29) is 15.6 Å². The Balaban J connectivity index is 2.08. The summed E-state index contributed by atoms with van der Waals surface area (Å²) in [6, 6.07) is 13.5. The predicted octanol–water partition coefficient (Wildman–Crippen LogP) is 3.61. The molecule has 0 spiro atoms. The summed E-state index contributed by atoms with van der Waals surface area (Å²) in [5, 5.41) is 18.3. The van der Waals surface area contributed by atoms with E-state index in [0.29, 0.717) is 5.75 Å². The molecular formula is C13H11IO3. The fraction of sp³-hybridized carbons (Fsp3) is 0.0769. The summed E-state index contributed by atoms with van der Waals surface area (Å²) >= 11 is 2.16. The molecule has 4 heteroatoms. The number of phenolic OH excluding ortho intramolecular Hbond substituents is 2. The molecule has 2 N–H and O–H groups in total. The average Bonchev–Trinajstić information content (AvgIpc) is 2.33. The van der Waals surface area contributed by atoms with Gasteiger partial charge in [-0.3, -0.25) is 0 Å². The molecule has 3 nitrogen and oxygen atoms in total. The number of hydrogen-bond acceptors (Lipinski definition) is 3. The van der Waals surface area contributed by atoms with E-state index >= 15 is 0 Å². The van der Waals surface area contributed by atoms with Crippen LogP contribution in [0.15, 0.2) is 48.5 Å². The maximum absolute atomic E-state index is 9.19. The molecule has 1 atom stereocenters. The Bertz CT molecular complexity index is 479. The highest BCUT2D eigenvalue weighted by molar-refractivity contribution is 14.1. The van der Waals surface area contributed by atoms with Crippen LogP contribution in [0.1, 0.15) is 9.67 Å². The van der Waals surface area contributed by atoms with Gasteiger partial charge in [0.05, 0.1) is 0 Å². The fourth-order valence-corrected chi connectivity index (χ4v) is 2.05. The van der Waals surface area contributed by atoms with Crippen LogP contribution in [0.2, 0.25) is 0 Å². The molecule has 0 aliphatic rings. The number of rotatable bonds is 3. The Labute approximate surface area is 113 Å². The van der Waals surface area contributed by atoms with Crippen molar-refractivity contribution in [2.45, 2.75) is 4.11 Å². The molecule has 2 rings (SSSR count). The largest absolute Gasteiger partial charge is 0.508 e. The van der Waals surface area contributed by atoms with Gasteiger partial charge in [-0.2, -0.15) is 0 Å². The molecule has 0 aliphatic heterocycles. The van der Waals surface area contributed by atoms with Crippen molar-refractivity contribution >= 4 is 22.6 Å². The van der Waals surface area contributed by atoms with Crippen LogP contribution in [-0.2, 0) is 0 Å². The minimum absolute atomic E-state index is 0.141. The van der Waals surface area contributed by atoms with Crippen molar-refractivity contribution < 1.29 is 14.9 Å². The highest BCUT2D eigenvalue weighted by Crippen LogP contribution is 2.29. The number of benzene rings is 2. The SMILES string of the molecule is Oc1ccc(OC(I)c2ccc(O)cc2)cc1. The molecule has 0 aliphatic carbocycles. The van der Waals surface area contributed by atoms with Crippen LogP contribution < -0.4 is 4.74 Å². The van der Waals surface area contributed by atoms with Crippen LogP contribution in [0.3, 0.4) is 0 Å². The van der Waals surface area contributed by atoms with Gasteiger partial charge >= 0.3 is 0 Å². The Kier molecular flexibility index (Phi) is 3.73. The lowest BCUT2D eigenvalue weighted by Crippen LogP contribution is -1.99. The van der Waals surface area contributed by atoms with Crippen molar-refractivity contribution in [2.75, 3.05) is 0 Å². The smallest absolute Gasteiger partial charge is 0.174 e. The monoisotopic (exact) mass is 342 g/mol. The van der Waals surface area contributed by atoms with Crippen LogP contribution >= 0.6 is 22.6 Å². The molecule has 0 radical (unpaired) electrons. The third-order valence-electron chi connectivity index (χ3n) is 2.23. The molecule has 0 saturated heterocycles. The minimum atomic E-state index is -0.141. The van der Waals surface area contributed by atoms with Crippen molar-refractivity contribution in [3.05, 3.63) is 54.1 Å². The van der Waals surface area contributed by atoms with Gasteiger partial charge in [-0.05, 0) is 59.0 Å². The lowest BCUT2D eigenvalue weighted by molar-refractivity contribution is 0.310. The number of phenols is 2. The summed E-state index contributed by atoms with van der Waals surface area (Å²) in [4.78, 5) is 0. The molecule has 17 heavy (non-hydrogen) atoms. The zero-order valence-corrected chi connectivity index (χ0v) is 11.0. The normalized spacial score (nSPS) is 12.1. The highest BCUT2D eigenvalue weighted by atomic mass is 127. The third kappa shape index (κ3) is 3.26. The van der Waals surface area contributed by atoms with Gasteiger partial charge in [0, 0.05) is 5.56 Å². The van der Waals surface area contributed by atoms with E-state index in [1.165, 1.54) is 0 Å². The van der Waals surface area contributed by atoms with Crippen LogP contribution in [-0.4, -0.2) is 10.2 Å². The summed E-state index contributed by atoms with van der Waals surface area (Å²) in [7, 11) is 0. The lowest BCUT2D eigenvalue weighted by Gasteiger charge is -2.13. The average molecular weight is 342 g/mol. The summed E-state index contributed by atoms with van der Waals surface area (Å²) < 4.78 is 5.55. The van der Waals surface area contributed by atoms with Gasteiger partial charge in [0.1, 0.15) is 17.2 Å². The molecule has 0 heterocycles. The minimum Gasteiger partial charge on any atom is -0.508 e. The standard InChI is InChI=1S/C13H11IO3/c14-13(9-1-3-10(15)4-2-9)17-12-7-5-11(16)6-8-12/h1-8,13,15-16H. The van der Waals surface area contributed by atoms with E-state index in [4.69, 9.17) is 9.84 Å². The van der Waals surface area contributed by atoms with Crippen LogP contribution in [0.5, 0.6) is 17.2 Å². The molecule has 0 aromatic heterocycles. The van der Waals surface area contributed by atoms with Crippen molar-refractivity contribution in [1.82, 2.24) is 0 Å². The number of hydrogen-bond donors (Lipinski definition) is 2. The molecule has 1 unspecified atom stereocenters. The molecule has 0 fully saturated rings. The maximum Gasteiger partial charge on any atom is 0.174 e. The first-order chi connectivity index (χ1) is 8.15. The van der Waals surface area contributed by atoms with Crippen molar-refractivity contribution in [1.29, 1.82) is 0 Å². The molecule has 88 valence electrons. The first-order valence-corrected chi connectivity index (χ1v) is 6.28. The Morgan fingerprint density at radius 1 is 0.824 bits per heavy atom. The lowest BCUT2D eigenvalue weighted by atomic mass is 10.2. The van der Waals surface area contributed by atoms with E-state index in [9.17, 15) is 5.11 Å². The first kappa shape index (κ1) is 12.0. The van der Waals surface area contributed by atoms with E-state index < -0.39 is 0 Å². The second-order valence-corrected chi connectivity index (χ2v) is 4.65. The van der Waals surface area contributed by atoms with Crippen LogP contribution in [0.4, 0.5) is 0 Å². The van der Waals surface area contributed by atoms with Gasteiger partial charge in [-0.25, -0.2) is 0 Å². The third-order valence-corrected chi connectivity index (χ3v) is 3.20. The second-order valence-electron chi connectivity index (χ2n) is 3.52. The van der Waals surface area contributed by atoms with Crippen LogP contribution in [0, 0.1) is 0 Å². The fourth-order valence-electron chi connectivity index (χ4n) is 1.34. The quantitative estimate of drug-likeness (QED) is 0.662. The number of aromatic hydroxyl groups is 2. The highest BCUT2D eigenvalue weighted by Gasteiger charge is 2.08. The zero-order chi connectivity index (χ0) is 12.3. The van der Waals surface area contributed by atoms with Crippen LogP contribution in [0.25, 0.3) is 0 Å². The molecule has 0 amide bonds. The van der Waals surface area contributed by atoms with Gasteiger partial charge < -0.3 is 14.9 Å². The topological polar surface area (TPSA) is 49.7 Å². The van der Waals surface area contributed by atoms with Crippen molar-refractivity contribution in [2.24, 2.45) is 0 Å². The van der Waals surface area contributed by atoms with Gasteiger partial charge in [-0.1, -0.05) is 12.1 Å². The summed E-state index contributed by atoms with van der Waals surface area (Å²) in [5.74, 6) is 1.14. The zero-order valence-electron chi connectivity index (χ0n) is 8.88. The summed E-state index contributed by atoms with van der Waals surface area (Å²) in [6.07, 6.45) is 0. The number of alkyl halides is 1. The van der Waals surface area contributed by atoms with E-state index in [1.54, 1.807) is 36.4 Å². The van der Waals surface area contributed by atoms with Gasteiger partial charge in [0.15, 0.2) is 4.11 Å². The predicted molar refractivity (Wildman–Crippen MR) is 73.6 cm³/mol. The Morgan fingerprint density at radius 3 is 1.82 bits per heavy atom. The van der Waals surface area contributed by atoms with Crippen molar-refractivity contribution in [3.63, 3.8) is 0 Å². The molecule has 2 aromatic carbocycles. The number of ether oxygens (including phenoxy) is 1. The Morgan fingerprint density at radius 2 is 1.29 bits per heavy atom. The number of halogens is 1. The molecular weight excluding hydrogens is 331 g/mol. The molecule has 0 saturated carbocycles. The Hall–Kier alpha value is -1.43. The second kappa shape index (κ2) is 5.27. The first-order valence-electron chi connectivity index (χ1n) is 5.04. The van der Waals surface area contributed by atoms with E-state index in [0.717, 1.165) is 5.56 Å². The molecule has 2 aromatic rings. The molecule has 0 bridgehead atoms.